The molecule has 0 saturated carbocycles. The largest absolute Gasteiger partial charge is 0.463 e. The molecule has 4 aromatic rings. The van der Waals surface area contributed by atoms with Crippen LogP contribution in [0.1, 0.15) is 42.4 Å². The van der Waals surface area contributed by atoms with Gasteiger partial charge in [0.25, 0.3) is 5.56 Å². The lowest BCUT2D eigenvalue weighted by Gasteiger charge is -2.24. The number of fused-ring (bicyclic) bond motifs is 1. The topological polar surface area (TPSA) is 65.6 Å². The van der Waals surface area contributed by atoms with Gasteiger partial charge < -0.3 is 9.30 Å². The molecule has 3 heterocycles. The molecule has 0 aliphatic carbocycles. The smallest absolute Gasteiger partial charge is 0.338 e. The summed E-state index contributed by atoms with van der Waals surface area (Å²) in [4.78, 5) is 31.8. The number of ether oxygens (including phenoxy) is 1. The number of hydrogen-bond donors (Lipinski definition) is 0. The Labute approximate surface area is 221 Å². The van der Waals surface area contributed by atoms with Crippen LogP contribution in [0.4, 0.5) is 8.78 Å². The van der Waals surface area contributed by atoms with Crippen molar-refractivity contribution in [3.05, 3.63) is 120 Å². The predicted molar refractivity (Wildman–Crippen MR) is 142 cm³/mol. The highest BCUT2D eigenvalue weighted by Gasteiger charge is 2.33. The Hall–Kier alpha value is -4.11. The predicted octanol–water partition coefficient (Wildman–Crippen LogP) is 4.48. The van der Waals surface area contributed by atoms with E-state index in [9.17, 15) is 18.4 Å². The van der Waals surface area contributed by atoms with E-state index in [4.69, 9.17) is 4.74 Å². The fourth-order valence-corrected chi connectivity index (χ4v) is 5.85. The summed E-state index contributed by atoms with van der Waals surface area (Å²) >= 11 is 1.22. The van der Waals surface area contributed by atoms with E-state index in [1.807, 2.05) is 24.5 Å². The minimum atomic E-state index is -0.806. The molecule has 0 fully saturated rings. The zero-order chi connectivity index (χ0) is 27.1. The van der Waals surface area contributed by atoms with Crippen molar-refractivity contribution >= 4 is 23.4 Å². The Balaban J connectivity index is 1.68. The standard InChI is InChI=1S/C29H25F2N3O3S/c1-5-37-28(36)25-17(3)32-29-34(26(25)19-6-8-21(30)9-7-19)27(35)24(38-29)15-20-14-16(2)33(18(20)4)23-12-10-22(31)11-13-23/h6-15,26H,5H2,1-4H3/b24-15+. The molecular weight excluding hydrogens is 508 g/mol. The summed E-state index contributed by atoms with van der Waals surface area (Å²) in [5.41, 5.74) is 4.41. The first-order valence-electron chi connectivity index (χ1n) is 12.1. The number of carbonyl (C=O) groups excluding carboxylic acids is 1. The maximum absolute atomic E-state index is 13.8. The van der Waals surface area contributed by atoms with Crippen LogP contribution in [0.15, 0.2) is 75.7 Å². The fraction of sp³-hybridized carbons (Fsp3) is 0.207. The molecule has 6 nitrogen and oxygen atoms in total. The molecule has 0 amide bonds. The van der Waals surface area contributed by atoms with Crippen LogP contribution in [0.3, 0.4) is 0 Å². The van der Waals surface area contributed by atoms with Gasteiger partial charge in [0.1, 0.15) is 11.6 Å². The van der Waals surface area contributed by atoms with Gasteiger partial charge in [0.2, 0.25) is 0 Å². The molecule has 0 bridgehead atoms. The number of allylic oxidation sites excluding steroid dienone is 1. The summed E-state index contributed by atoms with van der Waals surface area (Å²) in [6.07, 6.45) is 1.80. The normalized spacial score (nSPS) is 15.4. The van der Waals surface area contributed by atoms with Crippen LogP contribution < -0.4 is 14.9 Å². The van der Waals surface area contributed by atoms with E-state index in [2.05, 4.69) is 4.99 Å². The number of rotatable bonds is 5. The van der Waals surface area contributed by atoms with Crippen molar-refractivity contribution < 1.29 is 18.3 Å². The van der Waals surface area contributed by atoms with Crippen LogP contribution >= 0.6 is 11.3 Å². The summed E-state index contributed by atoms with van der Waals surface area (Å²) in [6, 6.07) is 13.1. The highest BCUT2D eigenvalue weighted by Crippen LogP contribution is 2.31. The lowest BCUT2D eigenvalue weighted by Crippen LogP contribution is -2.39. The molecule has 1 atom stereocenters. The van der Waals surface area contributed by atoms with Gasteiger partial charge in [0.05, 0.1) is 28.5 Å². The molecule has 1 aliphatic heterocycles. The quantitative estimate of drug-likeness (QED) is 0.355. The van der Waals surface area contributed by atoms with Crippen LogP contribution in [-0.2, 0) is 9.53 Å². The summed E-state index contributed by atoms with van der Waals surface area (Å²) < 4.78 is 36.4. The van der Waals surface area contributed by atoms with Gasteiger partial charge in [-0.1, -0.05) is 23.5 Å². The molecule has 38 heavy (non-hydrogen) atoms. The average molecular weight is 534 g/mol. The Bertz CT molecular complexity index is 1760. The van der Waals surface area contributed by atoms with Gasteiger partial charge >= 0.3 is 5.97 Å². The molecule has 2 aromatic carbocycles. The fourth-order valence-electron chi connectivity index (χ4n) is 4.81. The van der Waals surface area contributed by atoms with Crippen molar-refractivity contribution in [2.45, 2.75) is 33.7 Å². The zero-order valence-corrected chi connectivity index (χ0v) is 22.1. The number of benzene rings is 2. The first-order chi connectivity index (χ1) is 18.2. The van der Waals surface area contributed by atoms with Crippen LogP contribution in [0.5, 0.6) is 0 Å². The molecule has 0 N–H and O–H groups in total. The van der Waals surface area contributed by atoms with Crippen LogP contribution in [0.2, 0.25) is 0 Å². The first kappa shape index (κ1) is 25.5. The Morgan fingerprint density at radius 2 is 1.68 bits per heavy atom. The van der Waals surface area contributed by atoms with E-state index in [0.717, 1.165) is 22.6 Å². The number of aromatic nitrogens is 2. The second kappa shape index (κ2) is 9.98. The van der Waals surface area contributed by atoms with Crippen molar-refractivity contribution in [1.82, 2.24) is 9.13 Å². The number of aryl methyl sites for hydroxylation is 1. The van der Waals surface area contributed by atoms with E-state index in [1.54, 1.807) is 44.2 Å². The number of halogens is 2. The van der Waals surface area contributed by atoms with Gasteiger partial charge in [-0.3, -0.25) is 9.36 Å². The van der Waals surface area contributed by atoms with Crippen molar-refractivity contribution in [3.63, 3.8) is 0 Å². The second-order valence-corrected chi connectivity index (χ2v) is 10.0. The van der Waals surface area contributed by atoms with E-state index >= 15 is 0 Å². The highest BCUT2D eigenvalue weighted by molar-refractivity contribution is 7.07. The molecule has 0 spiro atoms. The monoisotopic (exact) mass is 533 g/mol. The lowest BCUT2D eigenvalue weighted by molar-refractivity contribution is -0.139. The van der Waals surface area contributed by atoms with Gasteiger partial charge in [-0.05, 0) is 87.4 Å². The molecule has 9 heteroatoms. The van der Waals surface area contributed by atoms with Gasteiger partial charge in [0.15, 0.2) is 4.80 Å². The lowest BCUT2D eigenvalue weighted by atomic mass is 9.96. The number of nitrogens with zero attached hydrogens (tertiary/aromatic N) is 3. The summed E-state index contributed by atoms with van der Waals surface area (Å²) in [5, 5.41) is 0. The van der Waals surface area contributed by atoms with Crippen molar-refractivity contribution in [3.8, 4) is 5.69 Å². The molecular formula is C29H25F2N3O3S. The maximum Gasteiger partial charge on any atom is 0.338 e. The van der Waals surface area contributed by atoms with Crippen molar-refractivity contribution in [2.24, 2.45) is 4.99 Å². The summed E-state index contributed by atoms with van der Waals surface area (Å²) in [6.45, 7) is 7.46. The molecule has 0 saturated heterocycles. The highest BCUT2D eigenvalue weighted by atomic mass is 32.1. The molecule has 2 aromatic heterocycles. The van der Waals surface area contributed by atoms with Crippen LogP contribution in [0.25, 0.3) is 11.8 Å². The molecule has 194 valence electrons. The SMILES string of the molecule is CCOC(=O)C1=C(C)N=c2s/c(=C/c3cc(C)n(-c4ccc(F)cc4)c3C)c(=O)n2C1c1ccc(F)cc1. The molecule has 1 unspecified atom stereocenters. The van der Waals surface area contributed by atoms with Crippen LogP contribution in [0, 0.1) is 25.5 Å². The van der Waals surface area contributed by atoms with Crippen molar-refractivity contribution in [1.29, 1.82) is 0 Å². The number of esters is 1. The van der Waals surface area contributed by atoms with E-state index < -0.39 is 17.8 Å². The van der Waals surface area contributed by atoms with E-state index in [-0.39, 0.29) is 23.6 Å². The van der Waals surface area contributed by atoms with Gasteiger partial charge in [-0.25, -0.2) is 18.6 Å². The second-order valence-electron chi connectivity index (χ2n) is 8.99. The third-order valence-corrected chi connectivity index (χ3v) is 7.53. The van der Waals surface area contributed by atoms with Crippen molar-refractivity contribution in [2.75, 3.05) is 6.61 Å². The first-order valence-corrected chi connectivity index (χ1v) is 12.9. The average Bonchev–Trinajstić information content (AvgIpc) is 3.34. The third-order valence-electron chi connectivity index (χ3n) is 6.54. The maximum atomic E-state index is 13.8. The number of carbonyl (C=O) groups is 1. The van der Waals surface area contributed by atoms with E-state index in [1.165, 1.54) is 40.2 Å². The van der Waals surface area contributed by atoms with E-state index in [0.29, 0.717) is 20.6 Å². The zero-order valence-electron chi connectivity index (χ0n) is 21.3. The van der Waals surface area contributed by atoms with Gasteiger partial charge in [-0.2, -0.15) is 0 Å². The molecule has 1 aliphatic rings. The molecule has 0 radical (unpaired) electrons. The Morgan fingerprint density at radius 3 is 2.32 bits per heavy atom. The minimum Gasteiger partial charge on any atom is -0.463 e. The summed E-state index contributed by atoms with van der Waals surface area (Å²) in [5.74, 6) is -1.30. The van der Waals surface area contributed by atoms with Crippen LogP contribution in [-0.4, -0.2) is 21.7 Å². The molecule has 5 rings (SSSR count). The number of hydrogen-bond acceptors (Lipinski definition) is 5. The minimum absolute atomic E-state index is 0.167. The number of thiazole rings is 1. The third kappa shape index (κ3) is 4.43. The van der Waals surface area contributed by atoms with Gasteiger partial charge in [-0.15, -0.1) is 0 Å². The Morgan fingerprint density at radius 1 is 1.05 bits per heavy atom. The van der Waals surface area contributed by atoms with Gasteiger partial charge in [0, 0.05) is 17.1 Å². The Kier molecular flexibility index (Phi) is 6.71. The summed E-state index contributed by atoms with van der Waals surface area (Å²) in [7, 11) is 0.